The van der Waals surface area contributed by atoms with Crippen LogP contribution in [0.4, 0.5) is 10.5 Å². The molecule has 6 heteroatoms. The van der Waals surface area contributed by atoms with Crippen molar-refractivity contribution in [3.05, 3.63) is 48.8 Å². The molecule has 2 N–H and O–H groups in total. The number of urea groups is 1. The maximum atomic E-state index is 12.7. The molecule has 1 saturated heterocycles. The molecule has 0 saturated carbocycles. The lowest BCUT2D eigenvalue weighted by atomic mass is 10.0. The Labute approximate surface area is 147 Å². The van der Waals surface area contributed by atoms with Gasteiger partial charge in [-0.05, 0) is 49.9 Å². The predicted molar refractivity (Wildman–Crippen MR) is 95.8 cm³/mol. The van der Waals surface area contributed by atoms with Crippen LogP contribution in [0.2, 0.25) is 0 Å². The number of nitrogens with zero attached hydrogens (tertiary/aromatic N) is 2. The van der Waals surface area contributed by atoms with Crippen molar-refractivity contribution >= 4 is 11.7 Å². The second-order valence-electron chi connectivity index (χ2n) is 6.07. The number of ether oxygens (including phenoxy) is 1. The van der Waals surface area contributed by atoms with Gasteiger partial charge >= 0.3 is 6.03 Å². The summed E-state index contributed by atoms with van der Waals surface area (Å²) in [4.78, 5) is 18.6. The van der Waals surface area contributed by atoms with Crippen molar-refractivity contribution in [2.75, 3.05) is 18.5 Å². The van der Waals surface area contributed by atoms with Crippen molar-refractivity contribution in [2.24, 2.45) is 0 Å². The first-order valence-corrected chi connectivity index (χ1v) is 8.63. The van der Waals surface area contributed by atoms with Crippen molar-refractivity contribution in [1.82, 2.24) is 9.88 Å². The summed E-state index contributed by atoms with van der Waals surface area (Å²) in [5.74, 6) is 1.18. The SMILES string of the molecule is O=C(Nc1ccccc1Oc1cccnc1)N1CCCCC1CCO. The van der Waals surface area contributed by atoms with Crippen LogP contribution >= 0.6 is 0 Å². The standard InChI is InChI=1S/C19H23N3O3/c23-13-10-15-6-3-4-12-22(15)19(24)21-17-8-1-2-9-18(17)25-16-7-5-11-20-14-16/h1-2,5,7-9,11,14-15,23H,3-4,6,10,12-13H2,(H,21,24). The summed E-state index contributed by atoms with van der Waals surface area (Å²) in [5, 5.41) is 12.2. The van der Waals surface area contributed by atoms with Crippen molar-refractivity contribution < 1.29 is 14.6 Å². The number of rotatable bonds is 5. The molecule has 0 bridgehead atoms. The van der Waals surface area contributed by atoms with Gasteiger partial charge in [-0.3, -0.25) is 4.98 Å². The fourth-order valence-electron chi connectivity index (χ4n) is 3.10. The molecule has 6 nitrogen and oxygen atoms in total. The van der Waals surface area contributed by atoms with Gasteiger partial charge in [-0.1, -0.05) is 12.1 Å². The molecule has 1 aliphatic rings. The largest absolute Gasteiger partial charge is 0.454 e. The van der Waals surface area contributed by atoms with E-state index in [0.29, 0.717) is 30.2 Å². The van der Waals surface area contributed by atoms with Crippen LogP contribution in [-0.2, 0) is 0 Å². The number of hydrogen-bond acceptors (Lipinski definition) is 4. The van der Waals surface area contributed by atoms with Crippen LogP contribution in [0.5, 0.6) is 11.5 Å². The summed E-state index contributed by atoms with van der Waals surface area (Å²) in [6.45, 7) is 0.803. The summed E-state index contributed by atoms with van der Waals surface area (Å²) in [7, 11) is 0. The van der Waals surface area contributed by atoms with Crippen molar-refractivity contribution in [1.29, 1.82) is 0 Å². The number of anilines is 1. The van der Waals surface area contributed by atoms with E-state index < -0.39 is 0 Å². The Kier molecular flexibility index (Phi) is 5.85. The molecule has 0 spiro atoms. The third-order valence-electron chi connectivity index (χ3n) is 4.34. The minimum atomic E-state index is -0.152. The molecular weight excluding hydrogens is 318 g/mol. The lowest BCUT2D eigenvalue weighted by Gasteiger charge is -2.35. The van der Waals surface area contributed by atoms with E-state index in [2.05, 4.69) is 10.3 Å². The zero-order valence-electron chi connectivity index (χ0n) is 14.1. The van der Waals surface area contributed by atoms with E-state index in [4.69, 9.17) is 4.74 Å². The van der Waals surface area contributed by atoms with Gasteiger partial charge in [0.1, 0.15) is 5.75 Å². The van der Waals surface area contributed by atoms with Gasteiger partial charge in [0.15, 0.2) is 5.75 Å². The van der Waals surface area contributed by atoms with Crippen molar-refractivity contribution in [3.8, 4) is 11.5 Å². The Balaban J connectivity index is 1.72. The summed E-state index contributed by atoms with van der Waals surface area (Å²) in [6, 6.07) is 10.9. The van der Waals surface area contributed by atoms with Gasteiger partial charge < -0.3 is 20.1 Å². The number of pyridine rings is 1. The van der Waals surface area contributed by atoms with Crippen LogP contribution in [0.25, 0.3) is 0 Å². The Morgan fingerprint density at radius 2 is 2.16 bits per heavy atom. The van der Waals surface area contributed by atoms with Gasteiger partial charge in [-0.15, -0.1) is 0 Å². The number of amides is 2. The monoisotopic (exact) mass is 341 g/mol. The van der Waals surface area contributed by atoms with Gasteiger partial charge in [0.2, 0.25) is 0 Å². The normalized spacial score (nSPS) is 17.2. The zero-order chi connectivity index (χ0) is 17.5. The summed E-state index contributed by atoms with van der Waals surface area (Å²) in [6.07, 6.45) is 6.93. The van der Waals surface area contributed by atoms with E-state index >= 15 is 0 Å². The topological polar surface area (TPSA) is 74.7 Å². The maximum absolute atomic E-state index is 12.7. The first kappa shape index (κ1) is 17.2. The predicted octanol–water partition coefficient (Wildman–Crippen LogP) is 3.64. The lowest BCUT2D eigenvalue weighted by Crippen LogP contribution is -2.46. The lowest BCUT2D eigenvalue weighted by molar-refractivity contribution is 0.141. The van der Waals surface area contributed by atoms with Crippen LogP contribution in [0, 0.1) is 0 Å². The van der Waals surface area contributed by atoms with Crippen LogP contribution in [0.3, 0.4) is 0 Å². The fourth-order valence-corrected chi connectivity index (χ4v) is 3.10. The third kappa shape index (κ3) is 4.48. The molecule has 1 unspecified atom stereocenters. The minimum absolute atomic E-state index is 0.0881. The average Bonchev–Trinajstić information content (AvgIpc) is 2.65. The molecule has 1 aromatic heterocycles. The molecule has 0 radical (unpaired) electrons. The van der Waals surface area contributed by atoms with Gasteiger partial charge in [-0.2, -0.15) is 0 Å². The van der Waals surface area contributed by atoms with E-state index in [-0.39, 0.29) is 18.7 Å². The molecule has 1 atom stereocenters. The quantitative estimate of drug-likeness (QED) is 0.870. The second kappa shape index (κ2) is 8.48. The summed E-state index contributed by atoms with van der Waals surface area (Å²) in [5.41, 5.74) is 0.615. The summed E-state index contributed by atoms with van der Waals surface area (Å²) >= 11 is 0. The summed E-state index contributed by atoms with van der Waals surface area (Å²) < 4.78 is 5.84. The maximum Gasteiger partial charge on any atom is 0.322 e. The molecule has 132 valence electrons. The molecule has 2 heterocycles. The highest BCUT2D eigenvalue weighted by Gasteiger charge is 2.26. The van der Waals surface area contributed by atoms with Gasteiger partial charge in [0.05, 0.1) is 11.9 Å². The minimum Gasteiger partial charge on any atom is -0.454 e. The molecule has 2 amide bonds. The van der Waals surface area contributed by atoms with Gasteiger partial charge in [0, 0.05) is 25.4 Å². The van der Waals surface area contributed by atoms with Gasteiger partial charge in [-0.25, -0.2) is 4.79 Å². The fraction of sp³-hybridized carbons (Fsp3) is 0.368. The molecule has 0 aliphatic carbocycles. The number of aliphatic hydroxyl groups is 1. The first-order valence-electron chi connectivity index (χ1n) is 8.63. The van der Waals surface area contributed by atoms with E-state index in [1.165, 1.54) is 0 Å². The average molecular weight is 341 g/mol. The smallest absolute Gasteiger partial charge is 0.322 e. The van der Waals surface area contributed by atoms with Crippen LogP contribution in [-0.4, -0.2) is 40.2 Å². The first-order chi connectivity index (χ1) is 12.3. The Morgan fingerprint density at radius 1 is 1.28 bits per heavy atom. The Morgan fingerprint density at radius 3 is 2.96 bits per heavy atom. The molecule has 3 rings (SSSR count). The van der Waals surface area contributed by atoms with Crippen LogP contribution in [0.1, 0.15) is 25.7 Å². The molecule has 1 aliphatic heterocycles. The van der Waals surface area contributed by atoms with E-state index in [9.17, 15) is 9.90 Å². The number of hydrogen-bond donors (Lipinski definition) is 2. The van der Waals surface area contributed by atoms with Crippen molar-refractivity contribution in [2.45, 2.75) is 31.7 Å². The third-order valence-corrected chi connectivity index (χ3v) is 4.34. The molecule has 25 heavy (non-hydrogen) atoms. The number of likely N-dealkylation sites (tertiary alicyclic amines) is 1. The highest BCUT2D eigenvalue weighted by atomic mass is 16.5. The van der Waals surface area contributed by atoms with E-state index in [1.54, 1.807) is 18.5 Å². The number of carbonyl (C=O) groups excluding carboxylic acids is 1. The Hall–Kier alpha value is -2.60. The Bertz CT molecular complexity index is 691. The number of aromatic nitrogens is 1. The van der Waals surface area contributed by atoms with E-state index in [0.717, 1.165) is 19.3 Å². The van der Waals surface area contributed by atoms with Crippen LogP contribution in [0.15, 0.2) is 48.8 Å². The highest BCUT2D eigenvalue weighted by Crippen LogP contribution is 2.29. The molecule has 2 aromatic rings. The number of piperidine rings is 1. The number of aliphatic hydroxyl groups excluding tert-OH is 1. The number of nitrogens with one attached hydrogen (secondary N) is 1. The number of benzene rings is 1. The number of para-hydroxylation sites is 2. The van der Waals surface area contributed by atoms with Crippen molar-refractivity contribution in [3.63, 3.8) is 0 Å². The number of carbonyl (C=O) groups is 1. The van der Waals surface area contributed by atoms with Gasteiger partial charge in [0.25, 0.3) is 0 Å². The highest BCUT2D eigenvalue weighted by molar-refractivity contribution is 5.91. The molecular formula is C19H23N3O3. The van der Waals surface area contributed by atoms with E-state index in [1.807, 2.05) is 35.2 Å². The molecule has 1 fully saturated rings. The zero-order valence-corrected chi connectivity index (χ0v) is 14.1. The molecule has 1 aromatic carbocycles. The second-order valence-corrected chi connectivity index (χ2v) is 6.07. The van der Waals surface area contributed by atoms with Crippen LogP contribution < -0.4 is 10.1 Å².